The highest BCUT2D eigenvalue weighted by atomic mass is 35.5. The molecule has 3 atom stereocenters. The molecule has 0 aliphatic carbocycles. The lowest BCUT2D eigenvalue weighted by Gasteiger charge is -2.41. The van der Waals surface area contributed by atoms with E-state index in [1.165, 1.54) is 12.1 Å². The molecule has 0 saturated heterocycles. The molecule has 1 aromatic heterocycles. The number of hydrogen-bond donors (Lipinski definition) is 1. The van der Waals surface area contributed by atoms with E-state index in [0.717, 1.165) is 35.6 Å². The number of nitrogens with one attached hydrogen (secondary N) is 1. The first-order valence-corrected chi connectivity index (χ1v) is 8.93. The van der Waals surface area contributed by atoms with Gasteiger partial charge in [-0.15, -0.1) is 0 Å². The Labute approximate surface area is 154 Å². The van der Waals surface area contributed by atoms with E-state index in [0.29, 0.717) is 0 Å². The van der Waals surface area contributed by atoms with Crippen LogP contribution in [-0.4, -0.2) is 33.1 Å². The molecule has 1 aromatic carbocycles. The van der Waals surface area contributed by atoms with Crippen LogP contribution in [0.1, 0.15) is 37.6 Å². The zero-order valence-electron chi connectivity index (χ0n) is 14.4. The lowest BCUT2D eigenvalue weighted by Crippen LogP contribution is -2.57. The van der Waals surface area contributed by atoms with Gasteiger partial charge < -0.3 is 10.2 Å². The van der Waals surface area contributed by atoms with Gasteiger partial charge in [-0.25, -0.2) is 9.07 Å². The zero-order chi connectivity index (χ0) is 18.6. The number of carbonyl (C=O) groups excluding carboxylic acids is 2. The van der Waals surface area contributed by atoms with E-state index in [4.69, 9.17) is 16.7 Å². The minimum Gasteiger partial charge on any atom is -0.330 e. The molecule has 6 nitrogen and oxygen atoms in total. The van der Waals surface area contributed by atoms with Crippen molar-refractivity contribution in [2.24, 2.45) is 0 Å². The fourth-order valence-electron chi connectivity index (χ4n) is 3.91. The summed E-state index contributed by atoms with van der Waals surface area (Å²) in [5, 5.41) is 6.51. The Morgan fingerprint density at radius 2 is 2.00 bits per heavy atom. The first-order chi connectivity index (χ1) is 12.4. The normalized spacial score (nSPS) is 24.4. The Morgan fingerprint density at radius 1 is 1.31 bits per heavy atom. The molecule has 2 amide bonds. The molecule has 4 rings (SSSR count). The van der Waals surface area contributed by atoms with Crippen LogP contribution in [0.15, 0.2) is 24.3 Å². The Hall–Kier alpha value is -2.41. The molecule has 3 heterocycles. The molecule has 8 heteroatoms. The van der Waals surface area contributed by atoms with Crippen LogP contribution in [0, 0.1) is 5.82 Å². The Morgan fingerprint density at radius 3 is 2.65 bits per heavy atom. The van der Waals surface area contributed by atoms with Gasteiger partial charge in [0, 0.05) is 12.0 Å². The molecule has 3 unspecified atom stereocenters. The van der Waals surface area contributed by atoms with Gasteiger partial charge in [0.05, 0.1) is 22.8 Å². The fraction of sp³-hybridized carbons (Fsp3) is 0.389. The second kappa shape index (κ2) is 6.09. The van der Waals surface area contributed by atoms with Crippen molar-refractivity contribution in [3.8, 4) is 5.69 Å². The number of carbonyl (C=O) groups is 2. The van der Waals surface area contributed by atoms with E-state index in [-0.39, 0.29) is 23.7 Å². The molecule has 2 aliphatic heterocycles. The van der Waals surface area contributed by atoms with Gasteiger partial charge in [-0.05, 0) is 55.6 Å². The molecule has 0 bridgehead atoms. The van der Waals surface area contributed by atoms with Crippen molar-refractivity contribution >= 4 is 28.6 Å². The van der Waals surface area contributed by atoms with Gasteiger partial charge in [-0.1, -0.05) is 6.92 Å². The largest absolute Gasteiger partial charge is 0.330 e. The molecule has 0 radical (unpaired) electrons. The van der Waals surface area contributed by atoms with E-state index >= 15 is 0 Å². The summed E-state index contributed by atoms with van der Waals surface area (Å²) in [6.07, 6.45) is 1.55. The fourth-order valence-corrected chi connectivity index (χ4v) is 4.02. The van der Waals surface area contributed by atoms with Gasteiger partial charge in [-0.3, -0.25) is 9.59 Å². The van der Waals surface area contributed by atoms with Gasteiger partial charge in [0.25, 0.3) is 5.91 Å². The first-order valence-electron chi connectivity index (χ1n) is 8.55. The Balaban J connectivity index is 1.88. The van der Waals surface area contributed by atoms with Crippen LogP contribution < -0.4 is 10.2 Å². The number of anilines is 1. The number of hydrogen-bond acceptors (Lipinski definition) is 3. The van der Waals surface area contributed by atoms with Crippen LogP contribution in [0.3, 0.4) is 0 Å². The maximum atomic E-state index is 13.3. The third-order valence-corrected chi connectivity index (χ3v) is 5.34. The van der Waals surface area contributed by atoms with E-state index in [9.17, 15) is 14.0 Å². The molecular formula is C18H18ClFN4O2. The first kappa shape index (κ1) is 17.0. The second-order valence-electron chi connectivity index (χ2n) is 6.85. The molecule has 0 spiro atoms. The summed E-state index contributed by atoms with van der Waals surface area (Å²) in [4.78, 5) is 26.1. The van der Waals surface area contributed by atoms with Gasteiger partial charge in [-0.2, -0.15) is 5.10 Å². The third kappa shape index (κ3) is 2.49. The van der Waals surface area contributed by atoms with Crippen molar-refractivity contribution in [1.82, 2.24) is 15.1 Å². The standard InChI is InChI=1S/C18H18ClFN4O2/c1-9-3-8-13-16-14(22-24(13)12-6-4-11(20)5-7-12)10(2)15(21-18(19)26)17(25)23(9)16/h4-7,9-10,15H,3,8H2,1-2H3,(H,21,26). The Kier molecular flexibility index (Phi) is 3.99. The van der Waals surface area contributed by atoms with Crippen LogP contribution in [-0.2, 0) is 11.2 Å². The average molecular weight is 377 g/mol. The predicted molar refractivity (Wildman–Crippen MR) is 95.4 cm³/mol. The molecule has 2 aliphatic rings. The average Bonchev–Trinajstić information content (AvgIpc) is 2.98. The molecule has 136 valence electrons. The lowest BCUT2D eigenvalue weighted by molar-refractivity contribution is -0.121. The quantitative estimate of drug-likeness (QED) is 0.647. The maximum absolute atomic E-state index is 13.3. The van der Waals surface area contributed by atoms with Gasteiger partial charge >= 0.3 is 5.37 Å². The number of aromatic nitrogens is 2. The van der Waals surface area contributed by atoms with Gasteiger partial charge in [0.1, 0.15) is 11.9 Å². The lowest BCUT2D eigenvalue weighted by atomic mass is 9.87. The summed E-state index contributed by atoms with van der Waals surface area (Å²) in [6, 6.07) is 5.35. The van der Waals surface area contributed by atoms with Crippen molar-refractivity contribution in [2.75, 3.05) is 4.90 Å². The number of nitrogens with zero attached hydrogens (tertiary/aromatic N) is 3. The summed E-state index contributed by atoms with van der Waals surface area (Å²) >= 11 is 5.48. The molecule has 0 fully saturated rings. The monoisotopic (exact) mass is 376 g/mol. The summed E-state index contributed by atoms with van der Waals surface area (Å²) in [6.45, 7) is 3.83. The number of halogens is 2. The third-order valence-electron chi connectivity index (χ3n) is 5.23. The number of amides is 2. The van der Waals surface area contributed by atoms with Gasteiger partial charge in [0.15, 0.2) is 0 Å². The Bertz CT molecular complexity index is 895. The van der Waals surface area contributed by atoms with E-state index in [1.54, 1.807) is 21.7 Å². The highest BCUT2D eigenvalue weighted by Gasteiger charge is 2.46. The van der Waals surface area contributed by atoms with Crippen molar-refractivity contribution < 1.29 is 14.0 Å². The summed E-state index contributed by atoms with van der Waals surface area (Å²) < 4.78 is 15.1. The maximum Gasteiger partial charge on any atom is 0.314 e. The molecule has 2 aromatic rings. The molecular weight excluding hydrogens is 359 g/mol. The smallest absolute Gasteiger partial charge is 0.314 e. The topological polar surface area (TPSA) is 67.2 Å². The van der Waals surface area contributed by atoms with Crippen molar-refractivity contribution in [1.29, 1.82) is 0 Å². The number of benzene rings is 1. The van der Waals surface area contributed by atoms with Crippen LogP contribution in [0.25, 0.3) is 5.69 Å². The van der Waals surface area contributed by atoms with Gasteiger partial charge in [0.2, 0.25) is 0 Å². The summed E-state index contributed by atoms with van der Waals surface area (Å²) in [7, 11) is 0. The molecule has 26 heavy (non-hydrogen) atoms. The molecule has 1 N–H and O–H groups in total. The second-order valence-corrected chi connectivity index (χ2v) is 7.19. The minimum absolute atomic E-state index is 0.00171. The van der Waals surface area contributed by atoms with E-state index in [2.05, 4.69) is 5.32 Å². The highest BCUT2D eigenvalue weighted by Crippen LogP contribution is 2.43. The van der Waals surface area contributed by atoms with Crippen molar-refractivity contribution in [2.45, 2.75) is 44.7 Å². The SMILES string of the molecule is CC1c2nn(-c3ccc(F)cc3)c3c2N(C(=O)C1NC(=O)Cl)C(C)CC3. The van der Waals surface area contributed by atoms with E-state index < -0.39 is 11.4 Å². The van der Waals surface area contributed by atoms with Crippen LogP contribution in [0.5, 0.6) is 0 Å². The van der Waals surface area contributed by atoms with Crippen LogP contribution >= 0.6 is 11.6 Å². The van der Waals surface area contributed by atoms with Crippen LogP contribution in [0.4, 0.5) is 14.9 Å². The summed E-state index contributed by atoms with van der Waals surface area (Å²) in [5.41, 5.74) is 3.22. The van der Waals surface area contributed by atoms with Crippen LogP contribution in [0.2, 0.25) is 0 Å². The minimum atomic E-state index is -0.762. The van der Waals surface area contributed by atoms with E-state index in [1.807, 2.05) is 13.8 Å². The number of rotatable bonds is 2. The highest BCUT2D eigenvalue weighted by molar-refractivity contribution is 6.63. The predicted octanol–water partition coefficient (Wildman–Crippen LogP) is 3.11. The van der Waals surface area contributed by atoms with Crippen molar-refractivity contribution in [3.63, 3.8) is 0 Å². The zero-order valence-corrected chi connectivity index (χ0v) is 15.1. The van der Waals surface area contributed by atoms with Crippen molar-refractivity contribution in [3.05, 3.63) is 41.5 Å². The molecule has 0 saturated carbocycles. The summed E-state index contributed by atoms with van der Waals surface area (Å²) in [5.74, 6) is -0.809.